The normalized spacial score (nSPS) is 14.2. The Morgan fingerprint density at radius 3 is 1.84 bits per heavy atom. The molecule has 0 saturated carbocycles. The van der Waals surface area contributed by atoms with E-state index in [1.165, 1.54) is 30.8 Å². The number of thioether (sulfide) groups is 1. The van der Waals surface area contributed by atoms with Crippen molar-refractivity contribution in [3.63, 3.8) is 0 Å². The maximum atomic E-state index is 13.9. The number of carboxylic acids is 1. The number of rotatable bonds is 24. The first-order valence-corrected chi connectivity index (χ1v) is 19.8. The fourth-order valence-electron chi connectivity index (χ4n) is 5.51. The van der Waals surface area contributed by atoms with E-state index in [2.05, 4.69) is 31.6 Å². The number of guanidine groups is 1. The molecule has 13 N–H and O–H groups in total. The number of nitrogens with zero attached hydrogens (tertiary/aromatic N) is 1. The van der Waals surface area contributed by atoms with Gasteiger partial charge < -0.3 is 54.0 Å². The van der Waals surface area contributed by atoms with Crippen molar-refractivity contribution >= 4 is 53.2 Å². The highest BCUT2D eigenvalue weighted by Gasteiger charge is 2.32. The van der Waals surface area contributed by atoms with Gasteiger partial charge in [-0.2, -0.15) is 11.8 Å². The highest BCUT2D eigenvalue weighted by Crippen LogP contribution is 2.13. The van der Waals surface area contributed by atoms with Gasteiger partial charge in [0.2, 0.25) is 29.5 Å². The molecule has 5 amide bonds. The number of aliphatic carboxylic acids is 1. The summed E-state index contributed by atoms with van der Waals surface area (Å²) in [6.45, 7) is 5.20. The lowest BCUT2D eigenvalue weighted by Crippen LogP contribution is -2.59. The molecule has 0 aromatic heterocycles. The van der Waals surface area contributed by atoms with E-state index in [0.29, 0.717) is 11.3 Å². The van der Waals surface area contributed by atoms with E-state index in [4.69, 9.17) is 17.2 Å². The van der Waals surface area contributed by atoms with E-state index < -0.39 is 71.8 Å². The lowest BCUT2D eigenvalue weighted by molar-refractivity contribution is -0.142. The minimum atomic E-state index is -1.23. The van der Waals surface area contributed by atoms with Crippen LogP contribution >= 0.6 is 11.8 Å². The van der Waals surface area contributed by atoms with Crippen LogP contribution in [-0.4, -0.2) is 106 Å². The van der Waals surface area contributed by atoms with Crippen LogP contribution in [0.1, 0.15) is 57.6 Å². The van der Waals surface area contributed by atoms with Crippen molar-refractivity contribution in [2.24, 2.45) is 28.1 Å². The maximum Gasteiger partial charge on any atom is 0.326 e. The summed E-state index contributed by atoms with van der Waals surface area (Å²) in [4.78, 5) is 83.1. The first-order valence-electron chi connectivity index (χ1n) is 18.4. The second kappa shape index (κ2) is 24.2. The van der Waals surface area contributed by atoms with E-state index in [0.717, 1.165) is 5.56 Å². The second-order valence-corrected chi connectivity index (χ2v) is 14.8. The number of aliphatic imine (C=N–C) groups is 1. The molecule has 0 aliphatic carbocycles. The molecule has 0 heterocycles. The number of carboxylic acid groups (broad SMARTS) is 1. The highest BCUT2D eigenvalue weighted by molar-refractivity contribution is 7.98. The molecule has 2 aromatic rings. The Kier molecular flexibility index (Phi) is 20.2. The third-order valence-corrected chi connectivity index (χ3v) is 9.18. The molecule has 6 atom stereocenters. The number of aromatic hydroxyl groups is 1. The van der Waals surface area contributed by atoms with Gasteiger partial charge in [-0.15, -0.1) is 0 Å². The first kappa shape index (κ1) is 46.8. The third-order valence-electron chi connectivity index (χ3n) is 8.54. The zero-order valence-corrected chi connectivity index (χ0v) is 33.1. The molecule has 0 bridgehead atoms. The summed E-state index contributed by atoms with van der Waals surface area (Å²) < 4.78 is 0. The van der Waals surface area contributed by atoms with Crippen LogP contribution in [0.25, 0.3) is 0 Å². The van der Waals surface area contributed by atoms with Crippen molar-refractivity contribution in [3.05, 3.63) is 65.7 Å². The number of carbonyl (C=O) groups excluding carboxylic acids is 5. The number of benzene rings is 2. The van der Waals surface area contributed by atoms with E-state index in [1.54, 1.807) is 12.1 Å². The van der Waals surface area contributed by atoms with Crippen molar-refractivity contribution in [2.75, 3.05) is 18.6 Å². The van der Waals surface area contributed by atoms with Gasteiger partial charge in [0.25, 0.3) is 0 Å². The summed E-state index contributed by atoms with van der Waals surface area (Å²) >= 11 is 1.43. The summed E-state index contributed by atoms with van der Waals surface area (Å²) in [6.07, 6.45) is 2.65. The fraction of sp³-hybridized carbons (Fsp3) is 0.500. The molecule has 0 saturated heterocycles. The second-order valence-electron chi connectivity index (χ2n) is 13.8. The number of phenolic OH excluding ortho intramolecular Hbond substituents is 1. The van der Waals surface area contributed by atoms with Gasteiger partial charge in [0.1, 0.15) is 36.0 Å². The van der Waals surface area contributed by atoms with Gasteiger partial charge in [0, 0.05) is 13.0 Å². The molecule has 0 aliphatic rings. The summed E-state index contributed by atoms with van der Waals surface area (Å²) in [5, 5.41) is 32.5. The Hall–Kier alpha value is -5.36. The Labute approximate surface area is 331 Å². The van der Waals surface area contributed by atoms with Crippen molar-refractivity contribution in [1.29, 1.82) is 0 Å². The number of carbonyl (C=O) groups is 6. The monoisotopic (exact) mass is 799 g/mol. The smallest absolute Gasteiger partial charge is 0.326 e. The van der Waals surface area contributed by atoms with Crippen LogP contribution in [-0.2, 0) is 41.6 Å². The number of phenols is 1. The Bertz CT molecular complexity index is 1620. The molecular formula is C38H57N9O8S. The van der Waals surface area contributed by atoms with Crippen LogP contribution in [0.5, 0.6) is 5.75 Å². The molecule has 0 unspecified atom stereocenters. The first-order chi connectivity index (χ1) is 26.5. The van der Waals surface area contributed by atoms with Crippen molar-refractivity contribution in [1.82, 2.24) is 26.6 Å². The molecule has 0 fully saturated rings. The minimum Gasteiger partial charge on any atom is -0.508 e. The van der Waals surface area contributed by atoms with E-state index in [9.17, 15) is 39.0 Å². The summed E-state index contributed by atoms with van der Waals surface area (Å²) in [5.74, 6) is -4.38. The van der Waals surface area contributed by atoms with Crippen LogP contribution < -0.4 is 43.8 Å². The molecule has 56 heavy (non-hydrogen) atoms. The lowest BCUT2D eigenvalue weighted by atomic mass is 10.0. The summed E-state index contributed by atoms with van der Waals surface area (Å²) in [5.41, 5.74) is 18.5. The maximum absolute atomic E-state index is 13.9. The summed E-state index contributed by atoms with van der Waals surface area (Å²) in [7, 11) is 0. The van der Waals surface area contributed by atoms with Crippen LogP contribution in [0.3, 0.4) is 0 Å². The number of amides is 5. The van der Waals surface area contributed by atoms with E-state index in [-0.39, 0.29) is 62.7 Å². The molecule has 0 aliphatic heterocycles. The Balaban J connectivity index is 2.27. The number of nitrogens with one attached hydrogen (secondary N) is 5. The molecule has 18 heteroatoms. The predicted molar refractivity (Wildman–Crippen MR) is 215 cm³/mol. The van der Waals surface area contributed by atoms with E-state index in [1.807, 2.05) is 50.4 Å². The van der Waals surface area contributed by atoms with Gasteiger partial charge in [0.15, 0.2) is 5.96 Å². The quantitative estimate of drug-likeness (QED) is 0.0378. The topological polar surface area (TPSA) is 293 Å². The Morgan fingerprint density at radius 1 is 0.696 bits per heavy atom. The molecule has 2 aromatic carbocycles. The molecule has 308 valence electrons. The molecule has 0 radical (unpaired) electrons. The zero-order chi connectivity index (χ0) is 41.8. The van der Waals surface area contributed by atoms with Crippen molar-refractivity contribution < 1.29 is 39.0 Å². The minimum absolute atomic E-state index is 0.00565. The number of hydrogen-bond donors (Lipinski definition) is 10. The number of hydrogen-bond acceptors (Lipinski definition) is 10. The zero-order valence-electron chi connectivity index (χ0n) is 32.3. The Morgan fingerprint density at radius 2 is 1.25 bits per heavy atom. The van der Waals surface area contributed by atoms with Gasteiger partial charge in [-0.1, -0.05) is 56.3 Å². The average Bonchev–Trinajstić information content (AvgIpc) is 3.14. The molecule has 17 nitrogen and oxygen atoms in total. The van der Waals surface area contributed by atoms with Crippen LogP contribution in [0, 0.1) is 5.92 Å². The van der Waals surface area contributed by atoms with Crippen molar-refractivity contribution in [3.8, 4) is 5.75 Å². The SMILES string of the molecule is CSCC[C@H](NC(=O)[C@H](CC(C)C)NC(=O)[C@H](C)NC(=O)[C@H](CCCN=C(N)N)NC(=O)[C@H](Cc1ccc(O)cc1)NC(=O)[C@@H](N)Cc1ccccc1)C(=O)O. The predicted octanol–water partition coefficient (Wildman–Crippen LogP) is -0.114. The van der Waals surface area contributed by atoms with Gasteiger partial charge in [0.05, 0.1) is 6.04 Å². The molecule has 0 spiro atoms. The van der Waals surface area contributed by atoms with Crippen LogP contribution in [0.15, 0.2) is 59.6 Å². The lowest BCUT2D eigenvalue weighted by Gasteiger charge is -2.26. The van der Waals surface area contributed by atoms with Crippen molar-refractivity contribution in [2.45, 2.75) is 95.5 Å². The van der Waals surface area contributed by atoms with E-state index >= 15 is 0 Å². The van der Waals surface area contributed by atoms with Crippen LogP contribution in [0.2, 0.25) is 0 Å². The van der Waals surface area contributed by atoms with Gasteiger partial charge in [-0.25, -0.2) is 4.79 Å². The highest BCUT2D eigenvalue weighted by atomic mass is 32.2. The molecule has 2 rings (SSSR count). The number of nitrogens with two attached hydrogens (primary N) is 3. The summed E-state index contributed by atoms with van der Waals surface area (Å²) in [6, 6.07) is 8.28. The average molecular weight is 800 g/mol. The van der Waals surface area contributed by atoms with Gasteiger partial charge in [-0.3, -0.25) is 29.0 Å². The largest absolute Gasteiger partial charge is 0.508 e. The van der Waals surface area contributed by atoms with Gasteiger partial charge >= 0.3 is 5.97 Å². The molecular weight excluding hydrogens is 743 g/mol. The van der Waals surface area contributed by atoms with Gasteiger partial charge in [-0.05, 0) is 80.2 Å². The fourth-order valence-corrected chi connectivity index (χ4v) is 5.98. The standard InChI is InChI=1S/C38H57N9O8S/c1-22(2)19-30(35(52)45-29(37(54)55)16-18-56-4)46-32(49)23(3)43-34(51)28(11-8-17-42-38(40)41)44-36(53)31(21-25-12-14-26(48)15-13-25)47-33(50)27(39)20-24-9-6-5-7-10-24/h5-7,9-10,12-15,22-23,27-31,48H,8,11,16-21,39H2,1-4H3,(H,43,51)(H,44,53)(H,45,52)(H,46,49)(H,47,50)(H,54,55)(H4,40,41,42)/t23-,27-,28-,29-,30-,31-/m0/s1. The third kappa shape index (κ3) is 17.4. The van der Waals surface area contributed by atoms with Crippen LogP contribution in [0.4, 0.5) is 0 Å².